The lowest BCUT2D eigenvalue weighted by Crippen LogP contribution is -2.33. The minimum atomic E-state index is 0.522. The van der Waals surface area contributed by atoms with Crippen molar-refractivity contribution in [1.82, 2.24) is 0 Å². The maximum absolute atomic E-state index is 2.45. The van der Waals surface area contributed by atoms with Crippen LogP contribution in [0.25, 0.3) is 11.1 Å². The molecule has 0 N–H and O–H groups in total. The van der Waals surface area contributed by atoms with Gasteiger partial charge in [0.2, 0.25) is 0 Å². The Labute approximate surface area is 140 Å². The van der Waals surface area contributed by atoms with Gasteiger partial charge in [-0.25, -0.2) is 0 Å². The Kier molecular flexibility index (Phi) is 3.79. The topological polar surface area (TPSA) is 0 Å². The molecule has 0 bridgehead atoms. The maximum Gasteiger partial charge on any atom is 0.0249 e. The van der Waals surface area contributed by atoms with E-state index in [4.69, 9.17) is 0 Å². The minimum absolute atomic E-state index is 0.522. The lowest BCUT2D eigenvalue weighted by atomic mass is 9.65. The van der Waals surface area contributed by atoms with E-state index >= 15 is 0 Å². The summed E-state index contributed by atoms with van der Waals surface area (Å²) in [4.78, 5) is 0. The maximum atomic E-state index is 2.45. The summed E-state index contributed by atoms with van der Waals surface area (Å²) in [7, 11) is 0. The average Bonchev–Trinajstić information content (AvgIpc) is 2.89. The number of hydrogen-bond acceptors (Lipinski definition) is 0. The molecule has 0 nitrogen and oxygen atoms in total. The van der Waals surface area contributed by atoms with Gasteiger partial charge in [0.05, 0.1) is 0 Å². The van der Waals surface area contributed by atoms with E-state index in [1.54, 1.807) is 5.57 Å². The van der Waals surface area contributed by atoms with Crippen molar-refractivity contribution in [2.75, 3.05) is 0 Å². The van der Waals surface area contributed by atoms with Crippen molar-refractivity contribution < 1.29 is 0 Å². The largest absolute Gasteiger partial charge is 0.0729 e. The van der Waals surface area contributed by atoms with E-state index in [2.05, 4.69) is 69.3 Å². The molecule has 0 saturated heterocycles. The third-order valence-electron chi connectivity index (χ3n) is 6.33. The van der Waals surface area contributed by atoms with Crippen LogP contribution in [-0.4, -0.2) is 0 Å². The van der Waals surface area contributed by atoms with Crippen LogP contribution in [0, 0.1) is 29.6 Å². The molecular formula is C23H28. The van der Waals surface area contributed by atoms with Crippen molar-refractivity contribution in [2.45, 2.75) is 40.0 Å². The highest BCUT2D eigenvalue weighted by molar-refractivity contribution is 5.80. The molecule has 0 aromatic heterocycles. The van der Waals surface area contributed by atoms with Crippen molar-refractivity contribution in [2.24, 2.45) is 29.6 Å². The Balaban J connectivity index is 1.91. The highest BCUT2D eigenvalue weighted by atomic mass is 14.4. The predicted octanol–water partition coefficient (Wildman–Crippen LogP) is 4.45. The summed E-state index contributed by atoms with van der Waals surface area (Å²) in [6, 6.07) is 9.11. The van der Waals surface area contributed by atoms with Gasteiger partial charge in [0, 0.05) is 5.92 Å². The van der Waals surface area contributed by atoms with Crippen molar-refractivity contribution in [3.05, 3.63) is 59.0 Å². The second-order valence-corrected chi connectivity index (χ2v) is 8.11. The lowest BCUT2D eigenvalue weighted by molar-refractivity contribution is 0.181. The molecule has 0 heterocycles. The fourth-order valence-electron chi connectivity index (χ4n) is 5.21. The Morgan fingerprint density at radius 1 is 1.00 bits per heavy atom. The van der Waals surface area contributed by atoms with Crippen molar-refractivity contribution >= 4 is 11.1 Å². The molecule has 4 atom stereocenters. The second kappa shape index (κ2) is 5.82. The Morgan fingerprint density at radius 2 is 1.78 bits per heavy atom. The summed E-state index contributed by atoms with van der Waals surface area (Å²) >= 11 is 0. The van der Waals surface area contributed by atoms with Crippen LogP contribution < -0.4 is 10.4 Å². The van der Waals surface area contributed by atoms with E-state index in [9.17, 15) is 0 Å². The van der Waals surface area contributed by atoms with E-state index in [0.717, 1.165) is 23.7 Å². The first-order valence-electron chi connectivity index (χ1n) is 9.35. The first-order valence-corrected chi connectivity index (χ1v) is 9.35. The van der Waals surface area contributed by atoms with Crippen LogP contribution in [0.15, 0.2) is 48.6 Å². The number of rotatable bonds is 2. The van der Waals surface area contributed by atoms with Crippen LogP contribution in [0.2, 0.25) is 0 Å². The van der Waals surface area contributed by atoms with E-state index in [-0.39, 0.29) is 0 Å². The molecule has 23 heavy (non-hydrogen) atoms. The second-order valence-electron chi connectivity index (χ2n) is 8.11. The monoisotopic (exact) mass is 304 g/mol. The van der Waals surface area contributed by atoms with Crippen molar-refractivity contribution in [3.63, 3.8) is 0 Å². The zero-order valence-corrected chi connectivity index (χ0v) is 14.6. The molecule has 120 valence electrons. The van der Waals surface area contributed by atoms with Gasteiger partial charge in [0.15, 0.2) is 0 Å². The third kappa shape index (κ3) is 2.43. The molecule has 1 fully saturated rings. The van der Waals surface area contributed by atoms with Crippen molar-refractivity contribution in [3.8, 4) is 0 Å². The van der Waals surface area contributed by atoms with Crippen LogP contribution >= 0.6 is 0 Å². The van der Waals surface area contributed by atoms with Gasteiger partial charge in [0.25, 0.3) is 0 Å². The lowest BCUT2D eigenvalue weighted by Gasteiger charge is -2.40. The van der Waals surface area contributed by atoms with Crippen LogP contribution in [0.5, 0.6) is 0 Å². The van der Waals surface area contributed by atoms with Gasteiger partial charge in [0.1, 0.15) is 0 Å². The van der Waals surface area contributed by atoms with E-state index in [1.165, 1.54) is 35.3 Å². The Hall–Kier alpha value is -1.56. The fourth-order valence-corrected chi connectivity index (χ4v) is 5.21. The number of fused-ring (bicyclic) bond motifs is 2. The molecule has 1 aromatic rings. The van der Waals surface area contributed by atoms with Gasteiger partial charge in [-0.05, 0) is 58.1 Å². The Bertz CT molecular complexity index is 775. The van der Waals surface area contributed by atoms with Crippen LogP contribution in [0.4, 0.5) is 0 Å². The zero-order chi connectivity index (χ0) is 16.0. The average molecular weight is 304 g/mol. The van der Waals surface area contributed by atoms with Gasteiger partial charge in [-0.3, -0.25) is 0 Å². The molecule has 1 unspecified atom stereocenters. The van der Waals surface area contributed by atoms with Gasteiger partial charge in [-0.15, -0.1) is 0 Å². The predicted molar refractivity (Wildman–Crippen MR) is 99.1 cm³/mol. The summed E-state index contributed by atoms with van der Waals surface area (Å²) in [5.74, 6) is 3.75. The van der Waals surface area contributed by atoms with E-state index in [0.29, 0.717) is 5.92 Å². The molecule has 4 rings (SSSR count). The third-order valence-corrected chi connectivity index (χ3v) is 6.33. The molecular weight excluding hydrogens is 276 g/mol. The summed E-state index contributed by atoms with van der Waals surface area (Å²) in [5.41, 5.74) is 3.25. The number of benzene rings is 1. The SMILES string of the molecule is CC(C)[C@H]1CC[C@H](C)C[C@H]1C1=c2ccccc2=C2C=CC=CC21. The molecule has 0 amide bonds. The van der Waals surface area contributed by atoms with Crippen LogP contribution in [0.1, 0.15) is 40.0 Å². The summed E-state index contributed by atoms with van der Waals surface area (Å²) in [5, 5.41) is 3.02. The quantitative estimate of drug-likeness (QED) is 0.757. The molecule has 1 aromatic carbocycles. The smallest absolute Gasteiger partial charge is 0.0249 e. The number of allylic oxidation sites excluding steroid dienone is 4. The van der Waals surface area contributed by atoms with E-state index < -0.39 is 0 Å². The van der Waals surface area contributed by atoms with E-state index in [1.807, 2.05) is 0 Å². The molecule has 0 heteroatoms. The van der Waals surface area contributed by atoms with Gasteiger partial charge in [-0.2, -0.15) is 0 Å². The molecule has 3 aliphatic rings. The molecule has 0 radical (unpaired) electrons. The molecule has 0 aliphatic heterocycles. The standard InChI is InChI=1S/C23H28/c1-15(2)17-13-12-16(3)14-22(17)23-20-10-6-4-8-18(20)19-9-5-7-11-21(19)23/h4-11,15-17,20,22H,12-14H2,1-3H3/t16-,17+,20?,22+/m0/s1. The number of hydrogen-bond donors (Lipinski definition) is 0. The first kappa shape index (κ1) is 15.0. The van der Waals surface area contributed by atoms with Gasteiger partial charge < -0.3 is 0 Å². The molecule has 1 saturated carbocycles. The summed E-state index contributed by atoms with van der Waals surface area (Å²) in [6.45, 7) is 7.30. The zero-order valence-electron chi connectivity index (χ0n) is 14.6. The van der Waals surface area contributed by atoms with Gasteiger partial charge >= 0.3 is 0 Å². The minimum Gasteiger partial charge on any atom is -0.0729 e. The van der Waals surface area contributed by atoms with Gasteiger partial charge in [-0.1, -0.05) is 75.8 Å². The van der Waals surface area contributed by atoms with Crippen molar-refractivity contribution in [1.29, 1.82) is 0 Å². The molecule has 0 spiro atoms. The molecule has 3 aliphatic carbocycles. The first-order chi connectivity index (χ1) is 11.2. The highest BCUT2D eigenvalue weighted by Gasteiger charge is 2.37. The van der Waals surface area contributed by atoms with Crippen LogP contribution in [-0.2, 0) is 0 Å². The fraction of sp³-hybridized carbons (Fsp3) is 0.478. The van der Waals surface area contributed by atoms with Crippen LogP contribution in [0.3, 0.4) is 0 Å². The summed E-state index contributed by atoms with van der Waals surface area (Å²) < 4.78 is 0. The highest BCUT2D eigenvalue weighted by Crippen LogP contribution is 2.46. The summed E-state index contributed by atoms with van der Waals surface area (Å²) in [6.07, 6.45) is 13.4. The Morgan fingerprint density at radius 3 is 2.57 bits per heavy atom. The normalized spacial score (nSPS) is 32.3.